The molecule has 1 aliphatic heterocycles. The molecule has 4 rings (SSSR count). The Balaban J connectivity index is 1.50. The number of nitrogens with two attached hydrogens (primary N) is 1. The maximum absolute atomic E-state index is 13.2. The van der Waals surface area contributed by atoms with Crippen LogP contribution in [0.3, 0.4) is 0 Å². The molecule has 0 spiro atoms. The average molecular weight is 389 g/mol. The Hall–Kier alpha value is -3.05. The Morgan fingerprint density at radius 2 is 1.76 bits per heavy atom. The largest absolute Gasteiger partial charge is 0.398 e. The summed E-state index contributed by atoms with van der Waals surface area (Å²) in [5, 5.41) is 3.36. The number of ketones is 1. The lowest BCUT2D eigenvalue weighted by molar-refractivity contribution is 0.0988. The van der Waals surface area contributed by atoms with E-state index in [-0.39, 0.29) is 18.0 Å². The second-order valence-corrected chi connectivity index (χ2v) is 7.52. The number of Topliss-reactive ketones (excluding diaryl/α,β-unsaturated/α-hetero) is 1. The molecule has 2 aromatic carbocycles. The average Bonchev–Trinajstić information content (AvgIpc) is 2.76. The molecule has 148 valence electrons. The number of benzene rings is 2. The molecule has 5 heteroatoms. The van der Waals surface area contributed by atoms with E-state index in [2.05, 4.69) is 10.3 Å². The summed E-state index contributed by atoms with van der Waals surface area (Å²) in [6.07, 6.45) is 4.21. The maximum Gasteiger partial charge on any atom is 0.185 e. The maximum atomic E-state index is 13.2. The third kappa shape index (κ3) is 4.51. The molecule has 3 N–H and O–H groups in total. The van der Waals surface area contributed by atoms with Crippen LogP contribution < -0.4 is 11.1 Å². The van der Waals surface area contributed by atoms with Gasteiger partial charge in [-0.15, -0.1) is 0 Å². The van der Waals surface area contributed by atoms with Crippen LogP contribution in [0.15, 0.2) is 60.8 Å². The van der Waals surface area contributed by atoms with Crippen LogP contribution in [-0.4, -0.2) is 23.9 Å². The molecule has 0 bridgehead atoms. The van der Waals surface area contributed by atoms with E-state index in [1.165, 1.54) is 17.7 Å². The number of rotatable bonds is 5. The first-order valence-electron chi connectivity index (χ1n) is 9.94. The summed E-state index contributed by atoms with van der Waals surface area (Å²) in [7, 11) is 0. The molecule has 1 aromatic heterocycles. The first-order valence-corrected chi connectivity index (χ1v) is 9.94. The molecular weight excluding hydrogens is 365 g/mol. The molecule has 1 saturated heterocycles. The fourth-order valence-electron chi connectivity index (χ4n) is 3.81. The van der Waals surface area contributed by atoms with Crippen molar-refractivity contribution in [2.45, 2.75) is 25.2 Å². The summed E-state index contributed by atoms with van der Waals surface area (Å²) in [5.41, 5.74) is 10.8. The van der Waals surface area contributed by atoms with E-state index in [4.69, 9.17) is 5.73 Å². The fourth-order valence-corrected chi connectivity index (χ4v) is 3.81. The van der Waals surface area contributed by atoms with Crippen molar-refractivity contribution in [2.75, 3.05) is 18.8 Å². The van der Waals surface area contributed by atoms with Gasteiger partial charge in [0.25, 0.3) is 0 Å². The molecule has 0 amide bonds. The molecule has 1 fully saturated rings. The van der Waals surface area contributed by atoms with E-state index in [9.17, 15) is 9.18 Å². The molecule has 4 nitrogen and oxygen atoms in total. The Kier molecular flexibility index (Phi) is 5.67. The smallest absolute Gasteiger partial charge is 0.185 e. The molecule has 0 saturated carbocycles. The van der Waals surface area contributed by atoms with Gasteiger partial charge in [0.2, 0.25) is 0 Å². The third-order valence-electron chi connectivity index (χ3n) is 5.55. The number of hydrogen-bond donors (Lipinski definition) is 2. The van der Waals surface area contributed by atoms with Gasteiger partial charge < -0.3 is 11.1 Å². The van der Waals surface area contributed by atoms with Crippen LogP contribution in [0.25, 0.3) is 11.1 Å². The highest BCUT2D eigenvalue weighted by atomic mass is 19.1. The quantitative estimate of drug-likeness (QED) is 0.502. The number of pyridine rings is 1. The molecule has 0 aliphatic carbocycles. The van der Waals surface area contributed by atoms with Crippen molar-refractivity contribution in [3.05, 3.63) is 83.4 Å². The van der Waals surface area contributed by atoms with E-state index in [1.807, 2.05) is 30.5 Å². The highest BCUT2D eigenvalue weighted by Gasteiger charge is 2.17. The number of halogens is 1. The van der Waals surface area contributed by atoms with Crippen LogP contribution in [0.2, 0.25) is 0 Å². The summed E-state index contributed by atoms with van der Waals surface area (Å²) >= 11 is 0. The normalized spacial score (nSPS) is 14.7. The molecule has 2 heterocycles. The lowest BCUT2D eigenvalue weighted by Crippen LogP contribution is -2.26. The number of nitrogens with one attached hydrogen (secondary N) is 1. The van der Waals surface area contributed by atoms with Crippen LogP contribution in [-0.2, 0) is 6.42 Å². The number of hydrogen-bond acceptors (Lipinski definition) is 4. The highest BCUT2D eigenvalue weighted by molar-refractivity contribution is 5.96. The van der Waals surface area contributed by atoms with Crippen molar-refractivity contribution >= 4 is 11.5 Å². The Labute approximate surface area is 170 Å². The second kappa shape index (κ2) is 8.53. The number of carbonyl (C=O) groups is 1. The van der Waals surface area contributed by atoms with Gasteiger partial charge in [-0.2, -0.15) is 0 Å². The molecule has 0 unspecified atom stereocenters. The minimum atomic E-state index is -0.279. The number of nitrogens with zero attached hydrogens (tertiary/aromatic N) is 1. The molecule has 0 radical (unpaired) electrons. The number of nitrogen functional groups attached to an aromatic ring is 1. The van der Waals surface area contributed by atoms with Crippen molar-refractivity contribution in [3.8, 4) is 11.1 Å². The topological polar surface area (TPSA) is 68.0 Å². The number of anilines is 1. The summed E-state index contributed by atoms with van der Waals surface area (Å²) < 4.78 is 13.2. The lowest BCUT2D eigenvalue weighted by Gasteiger charge is -2.22. The van der Waals surface area contributed by atoms with Gasteiger partial charge in [-0.1, -0.05) is 24.3 Å². The van der Waals surface area contributed by atoms with E-state index < -0.39 is 0 Å². The van der Waals surface area contributed by atoms with Crippen molar-refractivity contribution in [1.82, 2.24) is 10.3 Å². The predicted octanol–water partition coefficient (Wildman–Crippen LogP) is 4.36. The van der Waals surface area contributed by atoms with E-state index in [1.54, 1.807) is 18.2 Å². The van der Waals surface area contributed by atoms with Gasteiger partial charge in [-0.25, -0.2) is 4.39 Å². The zero-order chi connectivity index (χ0) is 20.2. The monoisotopic (exact) mass is 389 g/mol. The van der Waals surface area contributed by atoms with E-state index in [0.29, 0.717) is 17.3 Å². The van der Waals surface area contributed by atoms with Crippen molar-refractivity contribution in [3.63, 3.8) is 0 Å². The number of aromatic nitrogens is 1. The SMILES string of the molecule is Nc1ccc(-c2ccc(F)cc2)cc1CC(=O)c1ccc(C2CCNCC2)cn1. The van der Waals surface area contributed by atoms with E-state index >= 15 is 0 Å². The van der Waals surface area contributed by atoms with Crippen LogP contribution in [0.1, 0.15) is 40.4 Å². The van der Waals surface area contributed by atoms with E-state index in [0.717, 1.165) is 42.6 Å². The zero-order valence-electron chi connectivity index (χ0n) is 16.2. The Bertz CT molecular complexity index is 994. The summed E-state index contributed by atoms with van der Waals surface area (Å²) in [4.78, 5) is 17.2. The fraction of sp³-hybridized carbons (Fsp3) is 0.250. The first-order chi connectivity index (χ1) is 14.1. The van der Waals surface area contributed by atoms with Gasteiger partial charge in [-0.05, 0) is 84.4 Å². The van der Waals surface area contributed by atoms with Crippen LogP contribution in [0.5, 0.6) is 0 Å². The Morgan fingerprint density at radius 1 is 1.03 bits per heavy atom. The summed E-state index contributed by atoms with van der Waals surface area (Å²) in [5.74, 6) is 0.166. The molecule has 29 heavy (non-hydrogen) atoms. The summed E-state index contributed by atoms with van der Waals surface area (Å²) in [6, 6.07) is 15.7. The van der Waals surface area contributed by atoms with Crippen LogP contribution >= 0.6 is 0 Å². The van der Waals surface area contributed by atoms with Crippen LogP contribution in [0, 0.1) is 5.82 Å². The van der Waals surface area contributed by atoms with Gasteiger partial charge >= 0.3 is 0 Å². The minimum absolute atomic E-state index is 0.0650. The molecule has 1 aliphatic rings. The van der Waals surface area contributed by atoms with Gasteiger partial charge in [0.05, 0.1) is 0 Å². The zero-order valence-corrected chi connectivity index (χ0v) is 16.2. The van der Waals surface area contributed by atoms with Gasteiger partial charge in [-0.3, -0.25) is 9.78 Å². The number of carbonyl (C=O) groups excluding carboxylic acids is 1. The minimum Gasteiger partial charge on any atom is -0.398 e. The molecule has 3 aromatic rings. The second-order valence-electron chi connectivity index (χ2n) is 7.52. The van der Waals surface area contributed by atoms with Crippen molar-refractivity contribution in [2.24, 2.45) is 0 Å². The van der Waals surface area contributed by atoms with Crippen molar-refractivity contribution < 1.29 is 9.18 Å². The van der Waals surface area contributed by atoms with Gasteiger partial charge in [0.15, 0.2) is 5.78 Å². The lowest BCUT2D eigenvalue weighted by atomic mass is 9.91. The number of piperidine rings is 1. The molecular formula is C24H24FN3O. The third-order valence-corrected chi connectivity index (χ3v) is 5.55. The predicted molar refractivity (Wildman–Crippen MR) is 113 cm³/mol. The van der Waals surface area contributed by atoms with Gasteiger partial charge in [0, 0.05) is 18.3 Å². The Morgan fingerprint density at radius 3 is 2.45 bits per heavy atom. The van der Waals surface area contributed by atoms with Gasteiger partial charge in [0.1, 0.15) is 11.5 Å². The van der Waals surface area contributed by atoms with Crippen molar-refractivity contribution in [1.29, 1.82) is 0 Å². The molecule has 0 atom stereocenters. The van der Waals surface area contributed by atoms with Crippen LogP contribution in [0.4, 0.5) is 10.1 Å². The first kappa shape index (κ1) is 19.3. The summed E-state index contributed by atoms with van der Waals surface area (Å²) in [6.45, 7) is 2.05. The highest BCUT2D eigenvalue weighted by Crippen LogP contribution is 2.26. The standard InChI is InChI=1S/C24H24FN3O/c25-21-5-1-16(2-6-21)18-3-7-22(26)20(13-18)14-24(29)23-8-4-19(15-28-23)17-9-11-27-12-10-17/h1-8,13,15,17,27H,9-12,14,26H2.